The molecule has 84 valence electrons. The summed E-state index contributed by atoms with van der Waals surface area (Å²) in [5.41, 5.74) is 0. The van der Waals surface area contributed by atoms with Crippen LogP contribution in [0.4, 0.5) is 0 Å². The molecule has 0 spiro atoms. The summed E-state index contributed by atoms with van der Waals surface area (Å²) >= 11 is 0. The lowest BCUT2D eigenvalue weighted by Crippen LogP contribution is -2.28. The zero-order valence-electron chi connectivity index (χ0n) is 9.06. The summed E-state index contributed by atoms with van der Waals surface area (Å²) in [4.78, 5) is 0. The lowest BCUT2D eigenvalue weighted by Gasteiger charge is -2.21. The second-order valence-electron chi connectivity index (χ2n) is 4.41. The standard InChI is InChI=1S/C10H20O4/c1-7(5-11)9(12)4-8-6-13-10(2,3)14-8/h7-9,11-12H,4-6H2,1-3H3/t7-,8+,9+/m1/s1. The van der Waals surface area contributed by atoms with Crippen LogP contribution in [0.1, 0.15) is 27.2 Å². The van der Waals surface area contributed by atoms with Crippen molar-refractivity contribution in [2.75, 3.05) is 13.2 Å². The predicted molar refractivity (Wildman–Crippen MR) is 51.8 cm³/mol. The first-order valence-electron chi connectivity index (χ1n) is 5.05. The smallest absolute Gasteiger partial charge is 0.163 e. The Bertz CT molecular complexity index is 181. The van der Waals surface area contributed by atoms with Crippen molar-refractivity contribution in [1.29, 1.82) is 0 Å². The van der Waals surface area contributed by atoms with E-state index in [1.165, 1.54) is 0 Å². The summed E-state index contributed by atoms with van der Waals surface area (Å²) in [6.07, 6.45) is -0.0676. The molecule has 0 aromatic rings. The van der Waals surface area contributed by atoms with Crippen LogP contribution in [0.2, 0.25) is 0 Å². The van der Waals surface area contributed by atoms with Crippen molar-refractivity contribution >= 4 is 0 Å². The Morgan fingerprint density at radius 2 is 2.14 bits per heavy atom. The minimum Gasteiger partial charge on any atom is -0.396 e. The van der Waals surface area contributed by atoms with Crippen LogP contribution in [0, 0.1) is 5.92 Å². The van der Waals surface area contributed by atoms with Gasteiger partial charge in [-0.1, -0.05) is 6.92 Å². The normalized spacial score (nSPS) is 30.2. The highest BCUT2D eigenvalue weighted by Gasteiger charge is 2.34. The average molecular weight is 204 g/mol. The average Bonchev–Trinajstić information content (AvgIpc) is 2.44. The lowest BCUT2D eigenvalue weighted by molar-refractivity contribution is -0.142. The number of hydrogen-bond donors (Lipinski definition) is 2. The molecular weight excluding hydrogens is 184 g/mol. The molecule has 0 aromatic heterocycles. The Morgan fingerprint density at radius 3 is 2.57 bits per heavy atom. The van der Waals surface area contributed by atoms with Crippen LogP contribution >= 0.6 is 0 Å². The van der Waals surface area contributed by atoms with E-state index in [2.05, 4.69) is 0 Å². The van der Waals surface area contributed by atoms with Crippen molar-refractivity contribution < 1.29 is 19.7 Å². The Hall–Kier alpha value is -0.160. The summed E-state index contributed by atoms with van der Waals surface area (Å²) < 4.78 is 10.9. The van der Waals surface area contributed by atoms with E-state index in [1.807, 2.05) is 20.8 Å². The molecule has 4 heteroatoms. The highest BCUT2D eigenvalue weighted by atomic mass is 16.7. The van der Waals surface area contributed by atoms with Crippen LogP contribution < -0.4 is 0 Å². The molecule has 1 fully saturated rings. The van der Waals surface area contributed by atoms with Crippen LogP contribution in [0.15, 0.2) is 0 Å². The summed E-state index contributed by atoms with van der Waals surface area (Å²) in [6, 6.07) is 0. The van der Waals surface area contributed by atoms with E-state index in [0.29, 0.717) is 13.0 Å². The molecule has 1 aliphatic rings. The van der Waals surface area contributed by atoms with Crippen molar-refractivity contribution in [3.63, 3.8) is 0 Å². The summed E-state index contributed by atoms with van der Waals surface area (Å²) in [5.74, 6) is -0.644. The van der Waals surface area contributed by atoms with E-state index in [-0.39, 0.29) is 18.6 Å². The molecule has 0 radical (unpaired) electrons. The molecule has 1 rings (SSSR count). The molecule has 3 atom stereocenters. The number of rotatable bonds is 4. The largest absolute Gasteiger partial charge is 0.396 e. The molecule has 4 nitrogen and oxygen atoms in total. The van der Waals surface area contributed by atoms with Gasteiger partial charge in [0.1, 0.15) is 0 Å². The Morgan fingerprint density at radius 1 is 1.50 bits per heavy atom. The van der Waals surface area contributed by atoms with Gasteiger partial charge in [0.25, 0.3) is 0 Å². The van der Waals surface area contributed by atoms with Gasteiger partial charge in [-0.15, -0.1) is 0 Å². The fraction of sp³-hybridized carbons (Fsp3) is 1.00. The molecule has 0 amide bonds. The monoisotopic (exact) mass is 204 g/mol. The molecule has 0 aliphatic carbocycles. The fourth-order valence-corrected chi connectivity index (χ4v) is 1.50. The number of aliphatic hydroxyl groups excluding tert-OH is 2. The van der Waals surface area contributed by atoms with E-state index in [0.717, 1.165) is 0 Å². The van der Waals surface area contributed by atoms with Crippen molar-refractivity contribution in [2.45, 2.75) is 45.2 Å². The molecule has 1 saturated heterocycles. The number of ether oxygens (including phenoxy) is 2. The summed E-state index contributed by atoms with van der Waals surface area (Å²) in [7, 11) is 0. The lowest BCUT2D eigenvalue weighted by atomic mass is 10.0. The number of aliphatic hydroxyl groups is 2. The van der Waals surface area contributed by atoms with E-state index < -0.39 is 11.9 Å². The molecule has 2 N–H and O–H groups in total. The van der Waals surface area contributed by atoms with Gasteiger partial charge in [-0.3, -0.25) is 0 Å². The van der Waals surface area contributed by atoms with Crippen LogP contribution in [0.25, 0.3) is 0 Å². The Labute approximate surface area is 84.8 Å². The van der Waals surface area contributed by atoms with Crippen LogP contribution in [-0.2, 0) is 9.47 Å². The second kappa shape index (κ2) is 4.57. The highest BCUT2D eigenvalue weighted by Crippen LogP contribution is 2.25. The van der Waals surface area contributed by atoms with Crippen LogP contribution in [-0.4, -0.2) is 41.4 Å². The molecule has 0 saturated carbocycles. The van der Waals surface area contributed by atoms with E-state index in [4.69, 9.17) is 14.6 Å². The summed E-state index contributed by atoms with van der Waals surface area (Å²) in [6.45, 7) is 6.04. The quantitative estimate of drug-likeness (QED) is 0.701. The van der Waals surface area contributed by atoms with Crippen LogP contribution in [0.3, 0.4) is 0 Å². The van der Waals surface area contributed by atoms with Gasteiger partial charge in [0.15, 0.2) is 5.79 Å². The molecule has 0 unspecified atom stereocenters. The topological polar surface area (TPSA) is 58.9 Å². The second-order valence-corrected chi connectivity index (χ2v) is 4.41. The molecule has 0 bridgehead atoms. The van der Waals surface area contributed by atoms with Gasteiger partial charge in [0.2, 0.25) is 0 Å². The van der Waals surface area contributed by atoms with E-state index in [1.54, 1.807) is 0 Å². The van der Waals surface area contributed by atoms with Gasteiger partial charge in [-0.2, -0.15) is 0 Å². The SMILES string of the molecule is C[C@H](CO)[C@@H](O)C[C@H]1COC(C)(C)O1. The molecule has 1 aliphatic heterocycles. The maximum atomic E-state index is 9.65. The van der Waals surface area contributed by atoms with Gasteiger partial charge >= 0.3 is 0 Å². The minimum absolute atomic E-state index is 0.00185. The zero-order valence-corrected chi connectivity index (χ0v) is 9.06. The third-order valence-corrected chi connectivity index (χ3v) is 2.52. The first-order chi connectivity index (χ1) is 6.44. The first-order valence-corrected chi connectivity index (χ1v) is 5.05. The summed E-state index contributed by atoms with van der Waals surface area (Å²) in [5, 5.41) is 18.5. The zero-order chi connectivity index (χ0) is 10.8. The maximum Gasteiger partial charge on any atom is 0.163 e. The van der Waals surface area contributed by atoms with Gasteiger partial charge in [-0.05, 0) is 13.8 Å². The van der Waals surface area contributed by atoms with Crippen molar-refractivity contribution in [3.05, 3.63) is 0 Å². The van der Waals surface area contributed by atoms with E-state index in [9.17, 15) is 5.11 Å². The van der Waals surface area contributed by atoms with Crippen molar-refractivity contribution in [3.8, 4) is 0 Å². The highest BCUT2D eigenvalue weighted by molar-refractivity contribution is 4.75. The van der Waals surface area contributed by atoms with Gasteiger partial charge in [0, 0.05) is 18.9 Å². The van der Waals surface area contributed by atoms with Crippen molar-refractivity contribution in [1.82, 2.24) is 0 Å². The minimum atomic E-state index is -0.535. The molecule has 0 aromatic carbocycles. The molecule has 14 heavy (non-hydrogen) atoms. The fourth-order valence-electron chi connectivity index (χ4n) is 1.50. The van der Waals surface area contributed by atoms with Gasteiger partial charge in [0.05, 0.1) is 18.8 Å². The maximum absolute atomic E-state index is 9.65. The van der Waals surface area contributed by atoms with Gasteiger partial charge < -0.3 is 19.7 Å². The first kappa shape index (κ1) is 11.9. The Kier molecular flexibility index (Phi) is 3.89. The third-order valence-electron chi connectivity index (χ3n) is 2.52. The molecule has 1 heterocycles. The third kappa shape index (κ3) is 3.20. The van der Waals surface area contributed by atoms with Gasteiger partial charge in [-0.25, -0.2) is 0 Å². The molecular formula is C10H20O4. The predicted octanol–water partition coefficient (Wildman–Crippen LogP) is 0.517. The van der Waals surface area contributed by atoms with Crippen molar-refractivity contribution in [2.24, 2.45) is 5.92 Å². The number of hydrogen-bond acceptors (Lipinski definition) is 4. The van der Waals surface area contributed by atoms with Crippen LogP contribution in [0.5, 0.6) is 0 Å². The van der Waals surface area contributed by atoms with E-state index >= 15 is 0 Å². The Balaban J connectivity index is 2.32.